The molecule has 0 radical (unpaired) electrons. The molecular weight excluding hydrogens is 273 g/mol. The maximum absolute atomic E-state index is 13.9. The molecule has 2 nitrogen and oxygen atoms in total. The minimum Gasteiger partial charge on any atom is -0.259 e. The second kappa shape index (κ2) is 5.49. The molecule has 2 aliphatic rings. The summed E-state index contributed by atoms with van der Waals surface area (Å²) in [5.41, 5.74) is 2.43. The van der Waals surface area contributed by atoms with Gasteiger partial charge in [-0.2, -0.15) is 5.26 Å². The van der Waals surface area contributed by atoms with Gasteiger partial charge in [-0.05, 0) is 36.5 Å². The van der Waals surface area contributed by atoms with Gasteiger partial charge in [-0.3, -0.25) is 4.21 Å². The topological polar surface area (TPSA) is 40.9 Å². The summed E-state index contributed by atoms with van der Waals surface area (Å²) in [6, 6.07) is 7.05. The zero-order valence-corrected chi connectivity index (χ0v) is 12.0. The quantitative estimate of drug-likeness (QED) is 0.837. The van der Waals surface area contributed by atoms with Crippen molar-refractivity contribution in [2.75, 3.05) is 0 Å². The first-order valence-corrected chi connectivity index (χ1v) is 8.22. The summed E-state index contributed by atoms with van der Waals surface area (Å²) >= 11 is 0. The van der Waals surface area contributed by atoms with Crippen LogP contribution in [0.4, 0.5) is 4.39 Å². The normalized spacial score (nSPS) is 28.6. The fourth-order valence-corrected chi connectivity index (χ4v) is 5.02. The van der Waals surface area contributed by atoms with E-state index in [-0.39, 0.29) is 22.7 Å². The lowest BCUT2D eigenvalue weighted by atomic mass is 9.92. The molecule has 2 heterocycles. The van der Waals surface area contributed by atoms with Gasteiger partial charge >= 0.3 is 0 Å². The van der Waals surface area contributed by atoms with Gasteiger partial charge in [0.05, 0.1) is 17.7 Å². The highest BCUT2D eigenvalue weighted by atomic mass is 32.2. The molecular formula is C16H16FNOS. The van der Waals surface area contributed by atoms with E-state index in [0.29, 0.717) is 5.56 Å². The summed E-state index contributed by atoms with van der Waals surface area (Å²) in [7, 11) is -0.756. The van der Waals surface area contributed by atoms with Crippen LogP contribution in [0.1, 0.15) is 36.8 Å². The first-order valence-electron chi connectivity index (χ1n) is 6.95. The van der Waals surface area contributed by atoms with Crippen molar-refractivity contribution < 1.29 is 8.60 Å². The van der Waals surface area contributed by atoms with Gasteiger partial charge in [-0.25, -0.2) is 4.39 Å². The van der Waals surface area contributed by atoms with Crippen LogP contribution in [-0.2, 0) is 17.2 Å². The van der Waals surface area contributed by atoms with Gasteiger partial charge in [-0.15, -0.1) is 0 Å². The molecule has 3 atom stereocenters. The molecule has 0 amide bonds. The Morgan fingerprint density at radius 2 is 2.25 bits per heavy atom. The Labute approximate surface area is 120 Å². The molecule has 0 N–H and O–H groups in total. The van der Waals surface area contributed by atoms with Crippen LogP contribution in [-0.4, -0.2) is 14.7 Å². The molecule has 20 heavy (non-hydrogen) atoms. The SMILES string of the molecule is N#CCc1ccc(C2=CC3CCCC(C2)S3=O)cc1F. The lowest BCUT2D eigenvalue weighted by molar-refractivity contribution is 0.579. The smallest absolute Gasteiger partial charge is 0.128 e. The number of halogens is 1. The predicted octanol–water partition coefficient (Wildman–Crippen LogP) is 3.35. The molecule has 2 aliphatic heterocycles. The number of nitrogens with zero attached hydrogens (tertiary/aromatic N) is 1. The maximum atomic E-state index is 13.9. The van der Waals surface area contributed by atoms with Gasteiger partial charge in [0.1, 0.15) is 5.82 Å². The minimum absolute atomic E-state index is 0.0976. The van der Waals surface area contributed by atoms with Crippen molar-refractivity contribution in [3.8, 4) is 6.07 Å². The lowest BCUT2D eigenvalue weighted by Gasteiger charge is -2.32. The largest absolute Gasteiger partial charge is 0.259 e. The van der Waals surface area contributed by atoms with Gasteiger partial charge in [0, 0.05) is 21.6 Å². The van der Waals surface area contributed by atoms with Gasteiger partial charge in [0.2, 0.25) is 0 Å². The molecule has 1 aromatic carbocycles. The number of nitriles is 1. The second-order valence-corrected chi connectivity index (χ2v) is 7.39. The molecule has 1 fully saturated rings. The van der Waals surface area contributed by atoms with Crippen LogP contribution in [0.5, 0.6) is 0 Å². The van der Waals surface area contributed by atoms with E-state index in [4.69, 9.17) is 5.26 Å². The summed E-state index contributed by atoms with van der Waals surface area (Å²) in [6.07, 6.45) is 6.07. The van der Waals surface area contributed by atoms with E-state index >= 15 is 0 Å². The van der Waals surface area contributed by atoms with Crippen molar-refractivity contribution in [2.24, 2.45) is 0 Å². The highest BCUT2D eigenvalue weighted by Crippen LogP contribution is 2.37. The molecule has 3 rings (SSSR count). The predicted molar refractivity (Wildman–Crippen MR) is 77.9 cm³/mol. The third-order valence-corrected chi connectivity index (χ3v) is 6.20. The lowest BCUT2D eigenvalue weighted by Crippen LogP contribution is -2.33. The number of benzene rings is 1. The van der Waals surface area contributed by atoms with E-state index in [0.717, 1.165) is 36.8 Å². The van der Waals surface area contributed by atoms with Gasteiger partial charge in [0.15, 0.2) is 0 Å². The number of hydrogen-bond acceptors (Lipinski definition) is 2. The average molecular weight is 289 g/mol. The Morgan fingerprint density at radius 3 is 2.95 bits per heavy atom. The first kappa shape index (κ1) is 13.5. The van der Waals surface area contributed by atoms with Crippen LogP contribution in [0, 0.1) is 17.1 Å². The van der Waals surface area contributed by atoms with Crippen LogP contribution in [0.15, 0.2) is 24.3 Å². The molecule has 0 aliphatic carbocycles. The Morgan fingerprint density at radius 1 is 1.40 bits per heavy atom. The molecule has 2 bridgehead atoms. The molecule has 0 saturated carbocycles. The number of fused-ring (bicyclic) bond motifs is 2. The Kier molecular flexibility index (Phi) is 3.71. The molecule has 104 valence electrons. The second-order valence-electron chi connectivity index (χ2n) is 5.46. The Balaban J connectivity index is 1.92. The van der Waals surface area contributed by atoms with Crippen LogP contribution in [0.3, 0.4) is 0 Å². The van der Waals surface area contributed by atoms with Crippen LogP contribution in [0.2, 0.25) is 0 Å². The van der Waals surface area contributed by atoms with Crippen molar-refractivity contribution in [3.63, 3.8) is 0 Å². The van der Waals surface area contributed by atoms with E-state index in [2.05, 4.69) is 6.08 Å². The molecule has 4 heteroatoms. The molecule has 0 aromatic heterocycles. The van der Waals surface area contributed by atoms with Crippen molar-refractivity contribution in [1.82, 2.24) is 0 Å². The van der Waals surface area contributed by atoms with Gasteiger partial charge in [-0.1, -0.05) is 24.6 Å². The van der Waals surface area contributed by atoms with Crippen LogP contribution < -0.4 is 0 Å². The zero-order valence-electron chi connectivity index (χ0n) is 11.1. The third-order valence-electron chi connectivity index (χ3n) is 4.17. The summed E-state index contributed by atoms with van der Waals surface area (Å²) in [6.45, 7) is 0. The summed E-state index contributed by atoms with van der Waals surface area (Å²) in [4.78, 5) is 0. The fraction of sp³-hybridized carbons (Fsp3) is 0.438. The molecule has 3 unspecified atom stereocenters. The fourth-order valence-electron chi connectivity index (χ4n) is 3.09. The Bertz CT molecular complexity index is 632. The molecule has 0 spiro atoms. The zero-order chi connectivity index (χ0) is 14.1. The van der Waals surface area contributed by atoms with Crippen molar-refractivity contribution in [3.05, 3.63) is 41.2 Å². The van der Waals surface area contributed by atoms with E-state index < -0.39 is 10.8 Å². The standard InChI is InChI=1S/C16H16FNOS/c17-16-10-12(5-4-11(16)6-7-18)13-8-14-2-1-3-15(9-13)20(14)19/h4-5,8,10,14-15H,1-3,6,9H2. The molecule has 1 aromatic rings. The van der Waals surface area contributed by atoms with E-state index in [1.54, 1.807) is 6.07 Å². The number of rotatable bonds is 2. The first-order chi connectivity index (χ1) is 9.69. The summed E-state index contributed by atoms with van der Waals surface area (Å²) in [5.74, 6) is -0.318. The number of hydrogen-bond donors (Lipinski definition) is 0. The number of allylic oxidation sites excluding steroid dienone is 1. The third kappa shape index (κ3) is 2.43. The van der Waals surface area contributed by atoms with Gasteiger partial charge < -0.3 is 0 Å². The van der Waals surface area contributed by atoms with E-state index in [9.17, 15) is 8.60 Å². The minimum atomic E-state index is -0.756. The van der Waals surface area contributed by atoms with E-state index in [1.807, 2.05) is 12.1 Å². The van der Waals surface area contributed by atoms with Crippen LogP contribution in [0.25, 0.3) is 5.57 Å². The summed E-state index contributed by atoms with van der Waals surface area (Å²) < 4.78 is 26.1. The average Bonchev–Trinajstić information content (AvgIpc) is 2.41. The van der Waals surface area contributed by atoms with Crippen molar-refractivity contribution in [2.45, 2.75) is 42.6 Å². The maximum Gasteiger partial charge on any atom is 0.128 e. The highest BCUT2D eigenvalue weighted by molar-refractivity contribution is 7.86. The molecule has 1 saturated heterocycles. The highest BCUT2D eigenvalue weighted by Gasteiger charge is 2.33. The van der Waals surface area contributed by atoms with E-state index in [1.165, 1.54) is 6.07 Å². The Hall–Kier alpha value is -1.47. The van der Waals surface area contributed by atoms with Crippen LogP contribution >= 0.6 is 0 Å². The van der Waals surface area contributed by atoms with Crippen molar-refractivity contribution in [1.29, 1.82) is 5.26 Å². The monoisotopic (exact) mass is 289 g/mol. The van der Waals surface area contributed by atoms with Gasteiger partial charge in [0.25, 0.3) is 0 Å². The van der Waals surface area contributed by atoms with Crippen molar-refractivity contribution >= 4 is 16.4 Å². The summed E-state index contributed by atoms with van der Waals surface area (Å²) in [5, 5.41) is 9.01.